The predicted octanol–water partition coefficient (Wildman–Crippen LogP) is 9.21. The maximum atomic E-state index is 11.9. The molecule has 0 bridgehead atoms. The lowest BCUT2D eigenvalue weighted by Crippen LogP contribution is -2.12. The van der Waals surface area contributed by atoms with Gasteiger partial charge in [-0.3, -0.25) is 9.05 Å². The van der Waals surface area contributed by atoms with E-state index in [1.54, 1.807) is 0 Å². The summed E-state index contributed by atoms with van der Waals surface area (Å²) in [6, 6.07) is 18.9. The third-order valence-electron chi connectivity index (χ3n) is 6.26. The molecule has 192 valence electrons. The summed E-state index contributed by atoms with van der Waals surface area (Å²) in [6.45, 7) is 11.2. The third kappa shape index (κ3) is 12.9. The molecule has 0 amide bonds. The van der Waals surface area contributed by atoms with Crippen molar-refractivity contribution < 1.29 is 18.5 Å². The van der Waals surface area contributed by atoms with Gasteiger partial charge in [0.15, 0.2) is 0 Å². The highest BCUT2D eigenvalue weighted by atomic mass is 31.2. The van der Waals surface area contributed by atoms with Gasteiger partial charge in [0.25, 0.3) is 0 Å². The van der Waals surface area contributed by atoms with Gasteiger partial charge >= 0.3 is 7.82 Å². The summed E-state index contributed by atoms with van der Waals surface area (Å²) in [5.74, 6) is 0.687. The first kappa shape index (κ1) is 30.6. The van der Waals surface area contributed by atoms with E-state index in [0.717, 1.165) is 51.4 Å². The van der Waals surface area contributed by atoms with Crippen LogP contribution < -0.4 is 0 Å². The van der Waals surface area contributed by atoms with E-state index in [2.05, 4.69) is 83.1 Å². The summed E-state index contributed by atoms with van der Waals surface area (Å²) >= 11 is 0. The van der Waals surface area contributed by atoms with E-state index >= 15 is 0 Å². The number of phosphoric acid groups is 1. The number of phosphoric ester groups is 1. The van der Waals surface area contributed by atoms with Crippen LogP contribution in [0.2, 0.25) is 0 Å². The van der Waals surface area contributed by atoms with Crippen molar-refractivity contribution in [2.24, 2.45) is 11.8 Å². The van der Waals surface area contributed by atoms with Crippen LogP contribution in [0.5, 0.6) is 0 Å². The van der Waals surface area contributed by atoms with Crippen LogP contribution in [0.15, 0.2) is 54.6 Å². The number of rotatable bonds is 15. The monoisotopic (exact) mass is 490 g/mol. The molecular formula is C29H47O4P. The Morgan fingerprint density at radius 1 is 0.765 bits per heavy atom. The first-order valence-electron chi connectivity index (χ1n) is 13.1. The first-order valence-corrected chi connectivity index (χ1v) is 14.6. The van der Waals surface area contributed by atoms with Crippen molar-refractivity contribution in [3.63, 3.8) is 0 Å². The topological polar surface area (TPSA) is 55.8 Å². The van der Waals surface area contributed by atoms with Gasteiger partial charge in [-0.2, -0.15) is 0 Å². The molecule has 2 aromatic rings. The Hall–Kier alpha value is -1.45. The van der Waals surface area contributed by atoms with Crippen LogP contribution in [0.1, 0.15) is 84.6 Å². The minimum atomic E-state index is -3.89. The Labute approximate surface area is 208 Å². The van der Waals surface area contributed by atoms with E-state index in [1.807, 2.05) is 6.07 Å². The second-order valence-electron chi connectivity index (χ2n) is 9.07. The molecule has 5 heteroatoms. The molecule has 0 aliphatic rings. The van der Waals surface area contributed by atoms with Gasteiger partial charge in [0.1, 0.15) is 0 Å². The maximum Gasteiger partial charge on any atom is 0.472 e. The van der Waals surface area contributed by atoms with Gasteiger partial charge in [-0.05, 0) is 48.3 Å². The minimum absolute atomic E-state index is 0.316. The smallest absolute Gasteiger partial charge is 0.302 e. The second-order valence-corrected chi connectivity index (χ2v) is 10.5. The minimum Gasteiger partial charge on any atom is -0.302 e. The van der Waals surface area contributed by atoms with Crippen LogP contribution in [0.4, 0.5) is 0 Å². The van der Waals surface area contributed by atoms with Crippen molar-refractivity contribution in [3.8, 4) is 11.1 Å². The third-order valence-corrected chi connectivity index (χ3v) is 7.21. The van der Waals surface area contributed by atoms with Crippen LogP contribution in [0.3, 0.4) is 0 Å². The molecule has 0 aliphatic carbocycles. The van der Waals surface area contributed by atoms with E-state index in [4.69, 9.17) is 9.05 Å². The van der Waals surface area contributed by atoms with Crippen LogP contribution in [0, 0.1) is 18.8 Å². The molecule has 0 saturated heterocycles. The van der Waals surface area contributed by atoms with E-state index in [-0.39, 0.29) is 0 Å². The molecule has 0 fully saturated rings. The van der Waals surface area contributed by atoms with E-state index in [1.165, 1.54) is 16.7 Å². The van der Waals surface area contributed by atoms with Crippen molar-refractivity contribution in [2.75, 3.05) is 13.2 Å². The van der Waals surface area contributed by atoms with Crippen molar-refractivity contribution in [2.45, 2.75) is 86.0 Å². The maximum absolute atomic E-state index is 11.9. The average Bonchev–Trinajstić information content (AvgIpc) is 2.85. The Morgan fingerprint density at radius 2 is 1.24 bits per heavy atom. The molecule has 0 radical (unpaired) electrons. The van der Waals surface area contributed by atoms with Gasteiger partial charge in [0.2, 0.25) is 0 Å². The fraction of sp³-hybridized carbons (Fsp3) is 0.586. The molecule has 0 heterocycles. The Balaban J connectivity index is 0.000000375. The molecule has 0 saturated carbocycles. The van der Waals surface area contributed by atoms with Crippen LogP contribution in [-0.4, -0.2) is 18.1 Å². The summed E-state index contributed by atoms with van der Waals surface area (Å²) in [5.41, 5.74) is 3.94. The molecule has 2 rings (SSSR count). The van der Waals surface area contributed by atoms with Gasteiger partial charge in [-0.15, -0.1) is 0 Å². The Bertz CT molecular complexity index is 785. The standard InChI is InChI=1S/C16H35O4P.C13H12/c1-5-9-11-15(7-3)13-19-21(17,18)20-14-16(8-4)12-10-6-2;1-11-7-5-6-10-13(11)12-8-3-2-4-9-12/h15-16H,5-14H2,1-4H3,(H,17,18);2-10H,1H3. The number of benzene rings is 2. The first-order chi connectivity index (χ1) is 16.4. The second kappa shape index (κ2) is 17.9. The zero-order valence-electron chi connectivity index (χ0n) is 22.0. The molecule has 0 aromatic heterocycles. The molecule has 0 spiro atoms. The summed E-state index contributed by atoms with van der Waals surface area (Å²) in [6.07, 6.45) is 8.56. The number of hydrogen-bond acceptors (Lipinski definition) is 3. The summed E-state index contributed by atoms with van der Waals surface area (Å²) < 4.78 is 22.2. The van der Waals surface area contributed by atoms with Crippen molar-refractivity contribution >= 4 is 7.82 Å². The van der Waals surface area contributed by atoms with Crippen LogP contribution in [-0.2, 0) is 13.6 Å². The normalized spacial score (nSPS) is 14.5. The van der Waals surface area contributed by atoms with E-state index in [9.17, 15) is 9.46 Å². The number of unbranched alkanes of at least 4 members (excludes halogenated alkanes) is 2. The largest absolute Gasteiger partial charge is 0.472 e. The molecule has 2 atom stereocenters. The molecule has 2 aromatic carbocycles. The fourth-order valence-electron chi connectivity index (χ4n) is 3.75. The number of aryl methyl sites for hydroxylation is 1. The molecule has 0 aliphatic heterocycles. The van der Waals surface area contributed by atoms with E-state index in [0.29, 0.717) is 25.0 Å². The van der Waals surface area contributed by atoms with Crippen LogP contribution >= 0.6 is 7.82 Å². The zero-order valence-corrected chi connectivity index (χ0v) is 22.9. The summed E-state index contributed by atoms with van der Waals surface area (Å²) in [7, 11) is -3.89. The van der Waals surface area contributed by atoms with Gasteiger partial charge in [0.05, 0.1) is 13.2 Å². The molecule has 34 heavy (non-hydrogen) atoms. The molecular weight excluding hydrogens is 443 g/mol. The fourth-order valence-corrected chi connectivity index (χ4v) is 4.62. The van der Waals surface area contributed by atoms with Gasteiger partial charge in [-0.1, -0.05) is 121 Å². The predicted molar refractivity (Wildman–Crippen MR) is 145 cm³/mol. The lowest BCUT2D eigenvalue weighted by atomic mass is 10.0. The molecule has 1 N–H and O–H groups in total. The lowest BCUT2D eigenvalue weighted by Gasteiger charge is -2.20. The zero-order chi connectivity index (χ0) is 25.2. The lowest BCUT2D eigenvalue weighted by molar-refractivity contribution is 0.110. The van der Waals surface area contributed by atoms with Gasteiger partial charge in [0, 0.05) is 0 Å². The van der Waals surface area contributed by atoms with Gasteiger partial charge < -0.3 is 4.89 Å². The molecule has 4 nitrogen and oxygen atoms in total. The SMILES string of the molecule is CCCCC(CC)COP(=O)(O)OCC(CC)CCCC.Cc1ccccc1-c1ccccc1. The Kier molecular flexibility index (Phi) is 16.1. The van der Waals surface area contributed by atoms with Crippen LogP contribution in [0.25, 0.3) is 11.1 Å². The van der Waals surface area contributed by atoms with Gasteiger partial charge in [-0.25, -0.2) is 4.57 Å². The number of hydrogen-bond donors (Lipinski definition) is 1. The highest BCUT2D eigenvalue weighted by Crippen LogP contribution is 2.44. The van der Waals surface area contributed by atoms with E-state index < -0.39 is 7.82 Å². The van der Waals surface area contributed by atoms with Crippen molar-refractivity contribution in [3.05, 3.63) is 60.2 Å². The molecule has 2 unspecified atom stereocenters. The average molecular weight is 491 g/mol. The van der Waals surface area contributed by atoms with Crippen molar-refractivity contribution in [1.29, 1.82) is 0 Å². The Morgan fingerprint density at radius 3 is 1.68 bits per heavy atom. The highest BCUT2D eigenvalue weighted by molar-refractivity contribution is 7.47. The highest BCUT2D eigenvalue weighted by Gasteiger charge is 2.24. The quantitative estimate of drug-likeness (QED) is 0.253. The van der Waals surface area contributed by atoms with Crippen molar-refractivity contribution in [1.82, 2.24) is 0 Å². The summed E-state index contributed by atoms with van der Waals surface area (Å²) in [4.78, 5) is 9.77. The summed E-state index contributed by atoms with van der Waals surface area (Å²) in [5, 5.41) is 0.